The number of nitrogens with zero attached hydrogens (tertiary/aromatic N) is 3. The molecule has 0 radical (unpaired) electrons. The number of carbonyl (C=O) groups excluding carboxylic acids is 2. The lowest BCUT2D eigenvalue weighted by Gasteiger charge is -2.25. The lowest BCUT2D eigenvalue weighted by molar-refractivity contribution is 0.0953. The molecule has 2 aromatic carbocycles. The fourth-order valence-corrected chi connectivity index (χ4v) is 3.15. The first-order valence-electron chi connectivity index (χ1n) is 7.84. The van der Waals surface area contributed by atoms with Gasteiger partial charge in [-0.25, -0.2) is 15.2 Å². The summed E-state index contributed by atoms with van der Waals surface area (Å²) >= 11 is 0. The SMILES string of the molecule is NNC(=O)c1ccc2c(c1)C(=O)N(n1cc(F)cn1)C2c1ccccc1. The molecule has 0 saturated heterocycles. The molecule has 1 unspecified atom stereocenters. The predicted molar refractivity (Wildman–Crippen MR) is 91.1 cm³/mol. The molecule has 3 N–H and O–H groups in total. The second-order valence-electron chi connectivity index (χ2n) is 5.82. The van der Waals surface area contributed by atoms with Crippen molar-refractivity contribution < 1.29 is 14.0 Å². The van der Waals surface area contributed by atoms with Gasteiger partial charge in [0.2, 0.25) is 0 Å². The summed E-state index contributed by atoms with van der Waals surface area (Å²) in [5.74, 6) is 3.74. The first kappa shape index (κ1) is 16.0. The average molecular weight is 351 g/mol. The molecule has 2 heterocycles. The van der Waals surface area contributed by atoms with Gasteiger partial charge in [-0.1, -0.05) is 36.4 Å². The Bertz CT molecular complexity index is 1000. The highest BCUT2D eigenvalue weighted by Crippen LogP contribution is 2.37. The number of halogens is 1. The van der Waals surface area contributed by atoms with Crippen molar-refractivity contribution in [2.24, 2.45) is 5.84 Å². The molecule has 0 bridgehead atoms. The van der Waals surface area contributed by atoms with Gasteiger partial charge in [-0.15, -0.1) is 0 Å². The third-order valence-electron chi connectivity index (χ3n) is 4.30. The van der Waals surface area contributed by atoms with Gasteiger partial charge >= 0.3 is 0 Å². The molecule has 1 aromatic heterocycles. The molecule has 2 amide bonds. The number of nitrogens with two attached hydrogens (primary N) is 1. The molecule has 0 saturated carbocycles. The van der Waals surface area contributed by atoms with Crippen molar-refractivity contribution in [3.8, 4) is 0 Å². The van der Waals surface area contributed by atoms with E-state index < -0.39 is 17.8 Å². The van der Waals surface area contributed by atoms with Gasteiger partial charge in [0, 0.05) is 11.1 Å². The number of hydrazine groups is 1. The zero-order valence-corrected chi connectivity index (χ0v) is 13.5. The van der Waals surface area contributed by atoms with Gasteiger partial charge in [-0.05, 0) is 23.3 Å². The van der Waals surface area contributed by atoms with E-state index in [4.69, 9.17) is 5.84 Å². The first-order valence-corrected chi connectivity index (χ1v) is 7.84. The van der Waals surface area contributed by atoms with Crippen LogP contribution in [0.1, 0.15) is 37.9 Å². The molecule has 0 spiro atoms. The van der Waals surface area contributed by atoms with Crippen LogP contribution in [-0.2, 0) is 0 Å². The summed E-state index contributed by atoms with van der Waals surface area (Å²) in [4.78, 5) is 26.0. The maximum absolute atomic E-state index is 13.5. The molecule has 0 fully saturated rings. The van der Waals surface area contributed by atoms with Crippen molar-refractivity contribution in [1.82, 2.24) is 15.3 Å². The van der Waals surface area contributed by atoms with Crippen molar-refractivity contribution in [3.05, 3.63) is 89.0 Å². The van der Waals surface area contributed by atoms with Gasteiger partial charge in [-0.3, -0.25) is 15.0 Å². The molecule has 1 aliphatic heterocycles. The van der Waals surface area contributed by atoms with Gasteiger partial charge in [0.1, 0.15) is 6.04 Å². The van der Waals surface area contributed by atoms with E-state index in [1.165, 1.54) is 15.9 Å². The van der Waals surface area contributed by atoms with E-state index >= 15 is 0 Å². The van der Waals surface area contributed by atoms with Crippen LogP contribution in [0.4, 0.5) is 4.39 Å². The van der Waals surface area contributed by atoms with E-state index in [1.807, 2.05) is 35.8 Å². The number of nitrogen functional groups attached to an aromatic ring is 1. The van der Waals surface area contributed by atoms with Crippen LogP contribution >= 0.6 is 0 Å². The monoisotopic (exact) mass is 351 g/mol. The number of fused-ring (bicyclic) bond motifs is 1. The highest BCUT2D eigenvalue weighted by molar-refractivity contribution is 6.09. The lowest BCUT2D eigenvalue weighted by atomic mass is 9.96. The van der Waals surface area contributed by atoms with E-state index in [0.29, 0.717) is 11.1 Å². The Morgan fingerprint density at radius 3 is 2.62 bits per heavy atom. The van der Waals surface area contributed by atoms with Crippen LogP contribution in [0.2, 0.25) is 0 Å². The van der Waals surface area contributed by atoms with Gasteiger partial charge < -0.3 is 0 Å². The average Bonchev–Trinajstić information content (AvgIpc) is 3.22. The molecular formula is C18H14FN5O2. The summed E-state index contributed by atoms with van der Waals surface area (Å²) in [6.07, 6.45) is 2.17. The molecule has 8 heteroatoms. The number of amides is 2. The minimum Gasteiger partial charge on any atom is -0.290 e. The number of carbonyl (C=O) groups is 2. The van der Waals surface area contributed by atoms with Crippen LogP contribution in [0.25, 0.3) is 0 Å². The molecule has 130 valence electrons. The van der Waals surface area contributed by atoms with Crippen molar-refractivity contribution in [3.63, 3.8) is 0 Å². The predicted octanol–water partition coefficient (Wildman–Crippen LogP) is 1.51. The lowest BCUT2D eigenvalue weighted by Crippen LogP contribution is -2.39. The summed E-state index contributed by atoms with van der Waals surface area (Å²) in [6.45, 7) is 0. The van der Waals surface area contributed by atoms with Crippen LogP contribution in [0.3, 0.4) is 0 Å². The second kappa shape index (κ2) is 6.08. The number of nitrogens with one attached hydrogen (secondary N) is 1. The molecule has 4 rings (SSSR count). The first-order chi connectivity index (χ1) is 12.6. The van der Waals surface area contributed by atoms with Gasteiger partial charge in [-0.2, -0.15) is 9.89 Å². The van der Waals surface area contributed by atoms with E-state index in [1.54, 1.807) is 12.1 Å². The molecule has 1 atom stereocenters. The Morgan fingerprint density at radius 1 is 1.19 bits per heavy atom. The Labute approximate surface area is 147 Å². The third kappa shape index (κ3) is 2.44. The second-order valence-corrected chi connectivity index (χ2v) is 5.82. The van der Waals surface area contributed by atoms with Crippen LogP contribution in [0.15, 0.2) is 60.9 Å². The largest absolute Gasteiger partial charge is 0.290 e. The van der Waals surface area contributed by atoms with Crippen LogP contribution < -0.4 is 16.3 Å². The quantitative estimate of drug-likeness (QED) is 0.425. The number of hydrogen-bond donors (Lipinski definition) is 2. The minimum absolute atomic E-state index is 0.264. The Morgan fingerprint density at radius 2 is 1.96 bits per heavy atom. The van der Waals surface area contributed by atoms with E-state index in [2.05, 4.69) is 5.10 Å². The normalized spacial score (nSPS) is 15.8. The maximum Gasteiger partial charge on any atom is 0.275 e. The maximum atomic E-state index is 13.5. The Balaban J connectivity index is 1.89. The number of aromatic nitrogens is 2. The van der Waals surface area contributed by atoms with Crippen molar-refractivity contribution in [2.75, 3.05) is 5.01 Å². The summed E-state index contributed by atoms with van der Waals surface area (Å²) in [5, 5.41) is 5.28. The van der Waals surface area contributed by atoms with Crippen LogP contribution in [-0.4, -0.2) is 21.7 Å². The molecule has 3 aromatic rings. The van der Waals surface area contributed by atoms with Gasteiger partial charge in [0.25, 0.3) is 11.8 Å². The van der Waals surface area contributed by atoms with Crippen molar-refractivity contribution >= 4 is 11.8 Å². The van der Waals surface area contributed by atoms with E-state index in [0.717, 1.165) is 18.0 Å². The summed E-state index contributed by atoms with van der Waals surface area (Å²) in [7, 11) is 0. The molecule has 1 aliphatic rings. The van der Waals surface area contributed by atoms with Gasteiger partial charge in [0.05, 0.1) is 12.4 Å². The standard InChI is InChI=1S/C18H14FN5O2/c19-13-9-21-23(10-13)24-16(11-4-2-1-3-5-11)14-7-6-12(17(25)22-20)8-15(14)18(24)26/h1-10,16H,20H2,(H,22,25). The highest BCUT2D eigenvalue weighted by Gasteiger charge is 2.40. The smallest absolute Gasteiger partial charge is 0.275 e. The van der Waals surface area contributed by atoms with E-state index in [-0.39, 0.29) is 11.5 Å². The topological polar surface area (TPSA) is 93.2 Å². The Hall–Kier alpha value is -3.52. The minimum atomic E-state index is -0.552. The van der Waals surface area contributed by atoms with Crippen LogP contribution in [0.5, 0.6) is 0 Å². The fourth-order valence-electron chi connectivity index (χ4n) is 3.15. The fraction of sp³-hybridized carbons (Fsp3) is 0.0556. The van der Waals surface area contributed by atoms with Crippen LogP contribution in [0, 0.1) is 5.82 Å². The summed E-state index contributed by atoms with van der Waals surface area (Å²) in [6, 6.07) is 13.6. The Kier molecular flexibility index (Phi) is 3.74. The number of hydrogen-bond acceptors (Lipinski definition) is 4. The highest BCUT2D eigenvalue weighted by atomic mass is 19.1. The number of benzene rings is 2. The third-order valence-corrected chi connectivity index (χ3v) is 4.30. The van der Waals surface area contributed by atoms with Crippen molar-refractivity contribution in [1.29, 1.82) is 0 Å². The summed E-state index contributed by atoms with van der Waals surface area (Å²) < 4.78 is 13.5. The van der Waals surface area contributed by atoms with Crippen molar-refractivity contribution in [2.45, 2.75) is 6.04 Å². The zero-order chi connectivity index (χ0) is 18.3. The van der Waals surface area contributed by atoms with E-state index in [9.17, 15) is 14.0 Å². The van der Waals surface area contributed by atoms with Gasteiger partial charge in [0.15, 0.2) is 5.82 Å². The molecule has 0 aliphatic carbocycles. The summed E-state index contributed by atoms with van der Waals surface area (Å²) in [5.41, 5.74) is 4.19. The molecular weight excluding hydrogens is 337 g/mol. The number of rotatable bonds is 3. The molecule has 7 nitrogen and oxygen atoms in total. The zero-order valence-electron chi connectivity index (χ0n) is 13.5. The molecule has 26 heavy (non-hydrogen) atoms.